The van der Waals surface area contributed by atoms with Crippen LogP contribution in [0, 0.1) is 0 Å². The first-order chi connectivity index (χ1) is 7.74. The molecular weight excluding hydrogens is 226 g/mol. The van der Waals surface area contributed by atoms with E-state index in [-0.39, 0.29) is 11.7 Å². The molecule has 4 heteroatoms. The minimum atomic E-state index is -0.151. The van der Waals surface area contributed by atoms with E-state index in [0.29, 0.717) is 18.0 Å². The molecule has 0 fully saturated rings. The third-order valence-electron chi connectivity index (χ3n) is 2.20. The molecule has 0 aliphatic carbocycles. The number of phenols is 1. The number of phenolic OH excluding ortho intramolecular Hbond substituents is 1. The molecule has 0 aliphatic heterocycles. The molecule has 88 valence electrons. The quantitative estimate of drug-likeness (QED) is 0.594. The molecule has 0 atom stereocenters. The van der Waals surface area contributed by atoms with E-state index in [1.54, 1.807) is 12.1 Å². The Morgan fingerprint density at radius 2 is 2.12 bits per heavy atom. The summed E-state index contributed by atoms with van der Waals surface area (Å²) in [5.41, 5.74) is 0.484. The molecule has 0 saturated carbocycles. The van der Waals surface area contributed by atoms with Gasteiger partial charge in [-0.2, -0.15) is 0 Å². The molecule has 0 spiro atoms. The lowest BCUT2D eigenvalue weighted by molar-refractivity contribution is 0.0952. The topological polar surface area (TPSA) is 49.3 Å². The molecule has 1 aromatic carbocycles. The Kier molecular flexibility index (Phi) is 5.72. The minimum absolute atomic E-state index is 0.106. The molecule has 1 rings (SSSR count). The smallest absolute Gasteiger partial charge is 0.251 e. The van der Waals surface area contributed by atoms with Crippen LogP contribution in [0.25, 0.3) is 0 Å². The zero-order valence-corrected chi connectivity index (χ0v) is 9.83. The highest BCUT2D eigenvalue weighted by Gasteiger charge is 2.04. The van der Waals surface area contributed by atoms with Crippen molar-refractivity contribution >= 4 is 17.5 Å². The molecule has 0 aliphatic rings. The van der Waals surface area contributed by atoms with E-state index in [4.69, 9.17) is 11.6 Å². The van der Waals surface area contributed by atoms with Gasteiger partial charge >= 0.3 is 0 Å². The highest BCUT2D eigenvalue weighted by Crippen LogP contribution is 2.10. The van der Waals surface area contributed by atoms with Crippen LogP contribution >= 0.6 is 11.6 Å². The van der Waals surface area contributed by atoms with Gasteiger partial charge < -0.3 is 10.4 Å². The summed E-state index contributed by atoms with van der Waals surface area (Å²) in [6, 6.07) is 6.32. The van der Waals surface area contributed by atoms with E-state index in [0.717, 1.165) is 19.3 Å². The Bertz CT molecular complexity index is 342. The number of unbranched alkanes of at least 4 members (excludes halogenated alkanes) is 2. The van der Waals surface area contributed by atoms with Crippen molar-refractivity contribution < 1.29 is 9.90 Å². The van der Waals surface area contributed by atoms with Gasteiger partial charge in [-0.1, -0.05) is 12.5 Å². The van der Waals surface area contributed by atoms with Gasteiger partial charge in [0.25, 0.3) is 5.91 Å². The maximum absolute atomic E-state index is 11.6. The maximum atomic E-state index is 11.6. The SMILES string of the molecule is O=C(NCCCCCCl)c1cccc(O)c1. The number of hydrogen-bond donors (Lipinski definition) is 2. The number of hydrogen-bond acceptors (Lipinski definition) is 2. The van der Waals surface area contributed by atoms with Gasteiger partial charge in [0.1, 0.15) is 5.75 Å². The van der Waals surface area contributed by atoms with Gasteiger partial charge in [0.05, 0.1) is 0 Å². The maximum Gasteiger partial charge on any atom is 0.251 e. The average molecular weight is 242 g/mol. The number of rotatable bonds is 6. The van der Waals surface area contributed by atoms with Crippen molar-refractivity contribution in [3.8, 4) is 5.75 Å². The number of nitrogens with one attached hydrogen (secondary N) is 1. The Balaban J connectivity index is 2.30. The number of carbonyl (C=O) groups excluding carboxylic acids is 1. The van der Waals surface area contributed by atoms with Crippen LogP contribution in [0.15, 0.2) is 24.3 Å². The summed E-state index contributed by atoms with van der Waals surface area (Å²) < 4.78 is 0. The summed E-state index contributed by atoms with van der Waals surface area (Å²) in [7, 11) is 0. The van der Waals surface area contributed by atoms with Gasteiger partial charge in [-0.05, 0) is 31.0 Å². The monoisotopic (exact) mass is 241 g/mol. The summed E-state index contributed by atoms with van der Waals surface area (Å²) in [4.78, 5) is 11.6. The Labute approximate surface area is 100 Å². The van der Waals surface area contributed by atoms with Crippen LogP contribution in [0.5, 0.6) is 5.75 Å². The molecule has 16 heavy (non-hydrogen) atoms. The molecule has 0 heterocycles. The second-order valence-corrected chi connectivity index (χ2v) is 3.93. The minimum Gasteiger partial charge on any atom is -0.508 e. The van der Waals surface area contributed by atoms with E-state index in [9.17, 15) is 9.90 Å². The lowest BCUT2D eigenvalue weighted by atomic mass is 10.2. The van der Waals surface area contributed by atoms with Crippen LogP contribution in [0.1, 0.15) is 29.6 Å². The predicted molar refractivity (Wildman–Crippen MR) is 65.0 cm³/mol. The summed E-state index contributed by atoms with van der Waals surface area (Å²) in [6.07, 6.45) is 2.92. The van der Waals surface area contributed by atoms with Crippen LogP contribution < -0.4 is 5.32 Å². The zero-order valence-electron chi connectivity index (χ0n) is 9.08. The van der Waals surface area contributed by atoms with Gasteiger partial charge in [-0.3, -0.25) is 4.79 Å². The molecule has 0 bridgehead atoms. The summed E-state index contributed by atoms with van der Waals surface area (Å²) >= 11 is 5.54. The van der Waals surface area contributed by atoms with Crippen LogP contribution in [-0.4, -0.2) is 23.4 Å². The fourth-order valence-corrected chi connectivity index (χ4v) is 1.54. The number of amides is 1. The van der Waals surface area contributed by atoms with E-state index in [2.05, 4.69) is 5.32 Å². The van der Waals surface area contributed by atoms with Crippen LogP contribution in [0.4, 0.5) is 0 Å². The number of halogens is 1. The van der Waals surface area contributed by atoms with E-state index in [1.807, 2.05) is 0 Å². The number of alkyl halides is 1. The third kappa shape index (κ3) is 4.53. The van der Waals surface area contributed by atoms with Gasteiger partial charge in [0.15, 0.2) is 0 Å². The van der Waals surface area contributed by atoms with Crippen molar-refractivity contribution in [2.75, 3.05) is 12.4 Å². The Morgan fingerprint density at radius 1 is 1.31 bits per heavy atom. The zero-order chi connectivity index (χ0) is 11.8. The summed E-state index contributed by atoms with van der Waals surface area (Å²) in [5.74, 6) is 0.622. The van der Waals surface area contributed by atoms with Gasteiger partial charge in [0.2, 0.25) is 0 Å². The van der Waals surface area contributed by atoms with Crippen molar-refractivity contribution in [3.05, 3.63) is 29.8 Å². The summed E-state index contributed by atoms with van der Waals surface area (Å²) in [5, 5.41) is 12.0. The Morgan fingerprint density at radius 3 is 2.81 bits per heavy atom. The lowest BCUT2D eigenvalue weighted by Gasteiger charge is -2.04. The highest BCUT2D eigenvalue weighted by molar-refractivity contribution is 6.17. The fourth-order valence-electron chi connectivity index (χ4n) is 1.35. The Hall–Kier alpha value is -1.22. The standard InChI is InChI=1S/C12H16ClNO2/c13-7-2-1-3-8-14-12(16)10-5-4-6-11(15)9-10/h4-6,9,15H,1-3,7-8H2,(H,14,16). The van der Waals surface area contributed by atoms with Crippen LogP contribution in [0.3, 0.4) is 0 Å². The van der Waals surface area contributed by atoms with Crippen LogP contribution in [-0.2, 0) is 0 Å². The average Bonchev–Trinajstić information content (AvgIpc) is 2.28. The molecule has 0 aromatic heterocycles. The first kappa shape index (κ1) is 12.8. The normalized spacial score (nSPS) is 10.1. The van der Waals surface area contributed by atoms with Gasteiger partial charge in [-0.25, -0.2) is 0 Å². The fraction of sp³-hybridized carbons (Fsp3) is 0.417. The second kappa shape index (κ2) is 7.12. The van der Waals surface area contributed by atoms with E-state index >= 15 is 0 Å². The van der Waals surface area contributed by atoms with Gasteiger partial charge in [0, 0.05) is 18.0 Å². The first-order valence-electron chi connectivity index (χ1n) is 5.37. The molecule has 1 aromatic rings. The lowest BCUT2D eigenvalue weighted by Crippen LogP contribution is -2.24. The van der Waals surface area contributed by atoms with Crippen LogP contribution in [0.2, 0.25) is 0 Å². The molecule has 2 N–H and O–H groups in total. The van der Waals surface area contributed by atoms with Gasteiger partial charge in [-0.15, -0.1) is 11.6 Å². The number of aromatic hydroxyl groups is 1. The highest BCUT2D eigenvalue weighted by atomic mass is 35.5. The van der Waals surface area contributed by atoms with Crippen molar-refractivity contribution in [3.63, 3.8) is 0 Å². The number of carbonyl (C=O) groups is 1. The van der Waals surface area contributed by atoms with Crippen molar-refractivity contribution in [1.82, 2.24) is 5.32 Å². The van der Waals surface area contributed by atoms with E-state index < -0.39 is 0 Å². The second-order valence-electron chi connectivity index (χ2n) is 3.56. The van der Waals surface area contributed by atoms with Crippen molar-refractivity contribution in [1.29, 1.82) is 0 Å². The predicted octanol–water partition coefficient (Wildman–Crippen LogP) is 2.53. The number of benzene rings is 1. The summed E-state index contributed by atoms with van der Waals surface area (Å²) in [6.45, 7) is 0.644. The van der Waals surface area contributed by atoms with E-state index in [1.165, 1.54) is 12.1 Å². The molecule has 0 saturated heterocycles. The molecular formula is C12H16ClNO2. The first-order valence-corrected chi connectivity index (χ1v) is 5.90. The largest absolute Gasteiger partial charge is 0.508 e. The van der Waals surface area contributed by atoms with Crippen molar-refractivity contribution in [2.24, 2.45) is 0 Å². The van der Waals surface area contributed by atoms with Crippen molar-refractivity contribution in [2.45, 2.75) is 19.3 Å². The third-order valence-corrected chi connectivity index (χ3v) is 2.47. The molecule has 3 nitrogen and oxygen atoms in total. The molecule has 0 radical (unpaired) electrons. The molecule has 0 unspecified atom stereocenters. The molecule has 1 amide bonds.